The highest BCUT2D eigenvalue weighted by Gasteiger charge is 2.31. The van der Waals surface area contributed by atoms with E-state index in [4.69, 9.17) is 5.11 Å². The maximum Gasteiger partial charge on any atom is 0.342 e. The Bertz CT molecular complexity index is 688. The van der Waals surface area contributed by atoms with E-state index in [1.807, 2.05) is 0 Å². The van der Waals surface area contributed by atoms with Crippen LogP contribution < -0.4 is 0 Å². The van der Waals surface area contributed by atoms with Crippen LogP contribution in [0.4, 0.5) is 4.39 Å². The summed E-state index contributed by atoms with van der Waals surface area (Å²) in [6.45, 7) is 1.01. The molecule has 0 radical (unpaired) electrons. The van der Waals surface area contributed by atoms with Crippen molar-refractivity contribution in [1.29, 1.82) is 0 Å². The van der Waals surface area contributed by atoms with E-state index in [0.717, 1.165) is 36.7 Å². The first kappa shape index (κ1) is 18.1. The first-order chi connectivity index (χ1) is 10.1. The minimum Gasteiger partial charge on any atom is -0.481 e. The lowest BCUT2D eigenvalue weighted by molar-refractivity contribution is -0.141. The summed E-state index contributed by atoms with van der Waals surface area (Å²) in [7, 11) is -2.09. The molecule has 1 atom stereocenters. The van der Waals surface area contributed by atoms with E-state index in [0.29, 0.717) is 0 Å². The molecule has 0 saturated carbocycles. The van der Waals surface area contributed by atoms with E-state index in [1.165, 1.54) is 6.92 Å². The average Bonchev–Trinajstić information content (AvgIpc) is 2.45. The zero-order chi connectivity index (χ0) is 17.1. The smallest absolute Gasteiger partial charge is 0.342 e. The molecule has 0 spiro atoms. The van der Waals surface area contributed by atoms with Crippen LogP contribution in [0, 0.1) is 11.7 Å². The number of nitrogens with zero attached hydrogens (tertiary/aromatic N) is 1. The van der Waals surface area contributed by atoms with E-state index < -0.39 is 44.2 Å². The highest BCUT2D eigenvalue weighted by Crippen LogP contribution is 2.23. The largest absolute Gasteiger partial charge is 0.481 e. The second-order valence-corrected chi connectivity index (χ2v) is 6.64. The van der Waals surface area contributed by atoms with E-state index in [9.17, 15) is 22.4 Å². The Morgan fingerprint density at radius 2 is 2.00 bits per heavy atom. The van der Waals surface area contributed by atoms with Gasteiger partial charge in [0, 0.05) is 13.6 Å². The van der Waals surface area contributed by atoms with Crippen molar-refractivity contribution in [3.8, 4) is 0 Å². The van der Waals surface area contributed by atoms with Crippen LogP contribution in [0.1, 0.15) is 17.3 Å². The average molecular weight is 333 g/mol. The van der Waals surface area contributed by atoms with Crippen LogP contribution >= 0.6 is 0 Å². The number of rotatable bonds is 6. The van der Waals surface area contributed by atoms with Gasteiger partial charge >= 0.3 is 11.9 Å². The molecule has 0 saturated heterocycles. The lowest BCUT2D eigenvalue weighted by atomic mass is 10.2. The molecule has 1 unspecified atom stereocenters. The number of esters is 1. The van der Waals surface area contributed by atoms with Gasteiger partial charge in [-0.25, -0.2) is 21.9 Å². The fourth-order valence-electron chi connectivity index (χ4n) is 1.75. The highest BCUT2D eigenvalue weighted by molar-refractivity contribution is 7.89. The van der Waals surface area contributed by atoms with Crippen LogP contribution in [-0.4, -0.2) is 50.5 Å². The van der Waals surface area contributed by atoms with Gasteiger partial charge in [0.2, 0.25) is 10.0 Å². The molecule has 0 amide bonds. The quantitative estimate of drug-likeness (QED) is 0.778. The number of halogens is 1. The van der Waals surface area contributed by atoms with Crippen molar-refractivity contribution in [2.45, 2.75) is 11.8 Å². The van der Waals surface area contributed by atoms with Gasteiger partial charge in [-0.3, -0.25) is 4.79 Å². The molecule has 0 heterocycles. The number of carbonyl (C=O) groups is 2. The number of hydrogen-bond donors (Lipinski definition) is 1. The third kappa shape index (κ3) is 3.60. The van der Waals surface area contributed by atoms with Crippen molar-refractivity contribution in [3.63, 3.8) is 0 Å². The molecule has 22 heavy (non-hydrogen) atoms. The number of ether oxygens (including phenoxy) is 1. The van der Waals surface area contributed by atoms with Crippen molar-refractivity contribution in [1.82, 2.24) is 4.31 Å². The Kier molecular flexibility index (Phi) is 5.61. The maximum atomic E-state index is 13.8. The van der Waals surface area contributed by atoms with Gasteiger partial charge in [0.15, 0.2) is 0 Å². The van der Waals surface area contributed by atoms with Gasteiger partial charge in [0.25, 0.3) is 0 Å². The Balaban J connectivity index is 3.32. The van der Waals surface area contributed by atoms with Gasteiger partial charge in [-0.15, -0.1) is 0 Å². The summed E-state index contributed by atoms with van der Waals surface area (Å²) in [4.78, 5) is 21.9. The predicted octanol–water partition coefficient (Wildman–Crippen LogP) is 0.954. The predicted molar refractivity (Wildman–Crippen MR) is 74.4 cm³/mol. The number of benzene rings is 1. The van der Waals surface area contributed by atoms with Crippen molar-refractivity contribution in [3.05, 3.63) is 29.6 Å². The maximum absolute atomic E-state index is 13.8. The summed E-state index contributed by atoms with van der Waals surface area (Å²) in [5.41, 5.74) is -0.708. The van der Waals surface area contributed by atoms with Crippen LogP contribution in [0.25, 0.3) is 0 Å². The second kappa shape index (κ2) is 6.84. The summed E-state index contributed by atoms with van der Waals surface area (Å²) >= 11 is 0. The van der Waals surface area contributed by atoms with E-state index in [1.54, 1.807) is 0 Å². The van der Waals surface area contributed by atoms with Gasteiger partial charge in [-0.2, -0.15) is 0 Å². The molecule has 9 heteroatoms. The first-order valence-electron chi connectivity index (χ1n) is 6.18. The van der Waals surface area contributed by atoms with Crippen LogP contribution in [0.5, 0.6) is 0 Å². The monoisotopic (exact) mass is 333 g/mol. The fraction of sp³-hybridized carbons (Fsp3) is 0.385. The van der Waals surface area contributed by atoms with Crippen molar-refractivity contribution >= 4 is 22.0 Å². The Labute approximate surface area is 127 Å². The number of methoxy groups -OCH3 is 1. The third-order valence-corrected chi connectivity index (χ3v) is 4.87. The SMILES string of the molecule is COC(=O)c1c(F)cccc1S(=O)(=O)N(C)CC(C)C(=O)O. The standard InChI is InChI=1S/C13H16FNO6S/c1-8(12(16)17)7-15(2)22(19,20)10-6-4-5-9(14)11(10)13(18)21-3/h4-6,8H,7H2,1-3H3,(H,16,17). The molecule has 1 N–H and O–H groups in total. The number of carbonyl (C=O) groups excluding carboxylic acids is 1. The van der Waals surface area contributed by atoms with Crippen LogP contribution in [0.2, 0.25) is 0 Å². The topological polar surface area (TPSA) is 101 Å². The molecule has 1 aromatic rings. The Morgan fingerprint density at radius 3 is 2.50 bits per heavy atom. The second-order valence-electron chi connectivity index (χ2n) is 4.63. The van der Waals surface area contributed by atoms with E-state index in [-0.39, 0.29) is 6.54 Å². The summed E-state index contributed by atoms with van der Waals surface area (Å²) in [6, 6.07) is 3.14. The number of aliphatic carboxylic acids is 1. The summed E-state index contributed by atoms with van der Waals surface area (Å²) in [6.07, 6.45) is 0. The van der Waals surface area contributed by atoms with Crippen molar-refractivity contribution < 1.29 is 32.2 Å². The summed E-state index contributed by atoms with van der Waals surface area (Å²) in [5, 5.41) is 8.84. The molecule has 0 aliphatic carbocycles. The zero-order valence-corrected chi connectivity index (χ0v) is 13.1. The minimum atomic E-state index is -4.25. The van der Waals surface area contributed by atoms with Gasteiger partial charge in [-0.05, 0) is 12.1 Å². The van der Waals surface area contributed by atoms with Crippen LogP contribution in [0.15, 0.2) is 23.1 Å². The van der Waals surface area contributed by atoms with E-state index in [2.05, 4.69) is 4.74 Å². The first-order valence-corrected chi connectivity index (χ1v) is 7.63. The fourth-order valence-corrected chi connectivity index (χ4v) is 3.19. The van der Waals surface area contributed by atoms with Gasteiger partial charge in [0.05, 0.1) is 17.9 Å². The lowest BCUT2D eigenvalue weighted by Gasteiger charge is -2.20. The van der Waals surface area contributed by atoms with Gasteiger partial charge in [0.1, 0.15) is 11.4 Å². The molecule has 122 valence electrons. The molecule has 0 aliphatic rings. The summed E-state index contributed by atoms with van der Waals surface area (Å²) < 4.78 is 43.8. The third-order valence-electron chi connectivity index (χ3n) is 3.01. The molecule has 7 nitrogen and oxygen atoms in total. The molecule has 0 aliphatic heterocycles. The van der Waals surface area contributed by atoms with Crippen LogP contribution in [0.3, 0.4) is 0 Å². The summed E-state index contributed by atoms with van der Waals surface area (Å²) in [5.74, 6) is -4.30. The molecule has 0 aromatic heterocycles. The number of carboxylic acids is 1. The Morgan fingerprint density at radius 1 is 1.41 bits per heavy atom. The molecule has 1 aromatic carbocycles. The Hall–Kier alpha value is -2.00. The normalized spacial score (nSPS) is 13.0. The minimum absolute atomic E-state index is 0.325. The van der Waals surface area contributed by atoms with Crippen molar-refractivity contribution in [2.24, 2.45) is 5.92 Å². The number of hydrogen-bond acceptors (Lipinski definition) is 5. The number of sulfonamides is 1. The van der Waals surface area contributed by atoms with Crippen LogP contribution in [-0.2, 0) is 19.6 Å². The van der Waals surface area contributed by atoms with Gasteiger partial charge in [-0.1, -0.05) is 13.0 Å². The molecule has 0 bridgehead atoms. The molecular formula is C13H16FNO6S. The molecule has 0 fully saturated rings. The van der Waals surface area contributed by atoms with Gasteiger partial charge < -0.3 is 9.84 Å². The highest BCUT2D eigenvalue weighted by atomic mass is 32.2. The zero-order valence-electron chi connectivity index (χ0n) is 12.2. The molecular weight excluding hydrogens is 317 g/mol. The molecule has 1 rings (SSSR count). The lowest BCUT2D eigenvalue weighted by Crippen LogP contribution is -2.34. The number of carboxylic acid groups (broad SMARTS) is 1. The van der Waals surface area contributed by atoms with E-state index >= 15 is 0 Å². The van der Waals surface area contributed by atoms with Crippen molar-refractivity contribution in [2.75, 3.05) is 20.7 Å².